The first-order chi connectivity index (χ1) is 8.90. The summed E-state index contributed by atoms with van der Waals surface area (Å²) in [6.45, 7) is 6.13. The SMILES string of the molecule is Cc1cc(C(Cl)c2cc(Br)ccc2C)c(C)cc1Cl. The van der Waals surface area contributed by atoms with Gasteiger partial charge in [0.2, 0.25) is 0 Å². The Labute approximate surface area is 132 Å². The van der Waals surface area contributed by atoms with Crippen LogP contribution in [0.1, 0.15) is 33.2 Å². The summed E-state index contributed by atoms with van der Waals surface area (Å²) in [6.07, 6.45) is 0. The summed E-state index contributed by atoms with van der Waals surface area (Å²) in [5.74, 6) is 0. The second-order valence-corrected chi connectivity index (χ2v) is 6.58. The van der Waals surface area contributed by atoms with Crippen LogP contribution in [0.5, 0.6) is 0 Å². The zero-order valence-corrected chi connectivity index (χ0v) is 14.2. The lowest BCUT2D eigenvalue weighted by atomic mass is 9.95. The minimum atomic E-state index is -0.159. The topological polar surface area (TPSA) is 0 Å². The van der Waals surface area contributed by atoms with Crippen LogP contribution in [0.2, 0.25) is 5.02 Å². The number of hydrogen-bond acceptors (Lipinski definition) is 0. The summed E-state index contributed by atoms with van der Waals surface area (Å²) in [7, 11) is 0. The molecule has 0 heterocycles. The van der Waals surface area contributed by atoms with Gasteiger partial charge in [-0.1, -0.05) is 39.7 Å². The van der Waals surface area contributed by atoms with Crippen molar-refractivity contribution in [2.45, 2.75) is 26.1 Å². The highest BCUT2D eigenvalue weighted by Gasteiger charge is 2.17. The molecule has 0 fully saturated rings. The van der Waals surface area contributed by atoms with E-state index in [1.807, 2.05) is 26.0 Å². The van der Waals surface area contributed by atoms with Crippen molar-refractivity contribution in [3.63, 3.8) is 0 Å². The van der Waals surface area contributed by atoms with Gasteiger partial charge in [0.1, 0.15) is 0 Å². The van der Waals surface area contributed by atoms with E-state index in [9.17, 15) is 0 Å². The zero-order chi connectivity index (χ0) is 14.2. The summed E-state index contributed by atoms with van der Waals surface area (Å²) >= 11 is 16.3. The summed E-state index contributed by atoms with van der Waals surface area (Å²) in [6, 6.07) is 10.2. The molecule has 0 aliphatic carbocycles. The number of hydrogen-bond donors (Lipinski definition) is 0. The number of halogens is 3. The molecular weight excluding hydrogens is 343 g/mol. The van der Waals surface area contributed by atoms with E-state index in [-0.39, 0.29) is 5.38 Å². The molecule has 2 aromatic carbocycles. The number of aryl methyl sites for hydroxylation is 3. The predicted molar refractivity (Wildman–Crippen MR) is 87.5 cm³/mol. The third kappa shape index (κ3) is 3.16. The van der Waals surface area contributed by atoms with Crippen LogP contribution < -0.4 is 0 Å². The fourth-order valence-corrected chi connectivity index (χ4v) is 3.20. The Bertz CT molecular complexity index is 620. The van der Waals surface area contributed by atoms with Crippen LogP contribution in [0.3, 0.4) is 0 Å². The van der Waals surface area contributed by atoms with E-state index in [0.29, 0.717) is 0 Å². The molecule has 0 aliphatic heterocycles. The van der Waals surface area contributed by atoms with Gasteiger partial charge in [-0.15, -0.1) is 11.6 Å². The molecule has 0 nitrogen and oxygen atoms in total. The van der Waals surface area contributed by atoms with Gasteiger partial charge < -0.3 is 0 Å². The van der Waals surface area contributed by atoms with Crippen molar-refractivity contribution in [1.29, 1.82) is 0 Å². The number of rotatable bonds is 2. The number of benzene rings is 2. The second-order valence-electron chi connectivity index (χ2n) is 4.82. The summed E-state index contributed by atoms with van der Waals surface area (Å²) in [5, 5.41) is 0.629. The molecule has 1 unspecified atom stereocenters. The molecule has 0 bridgehead atoms. The maximum atomic E-state index is 6.67. The van der Waals surface area contributed by atoms with Crippen LogP contribution in [0, 0.1) is 20.8 Å². The lowest BCUT2D eigenvalue weighted by molar-refractivity contribution is 1.08. The molecule has 1 atom stereocenters. The Morgan fingerprint density at radius 1 is 0.895 bits per heavy atom. The predicted octanol–water partition coefficient (Wildman–Crippen LogP) is 6.36. The highest BCUT2D eigenvalue weighted by atomic mass is 79.9. The molecule has 2 aromatic rings. The van der Waals surface area contributed by atoms with Crippen LogP contribution in [0.4, 0.5) is 0 Å². The van der Waals surface area contributed by atoms with Gasteiger partial charge in [-0.2, -0.15) is 0 Å². The smallest absolute Gasteiger partial charge is 0.0841 e. The van der Waals surface area contributed by atoms with Gasteiger partial charge in [0, 0.05) is 9.50 Å². The molecule has 0 aromatic heterocycles. The van der Waals surface area contributed by atoms with E-state index in [2.05, 4.69) is 41.1 Å². The molecule has 2 rings (SSSR count). The van der Waals surface area contributed by atoms with Gasteiger partial charge in [-0.05, 0) is 66.8 Å². The van der Waals surface area contributed by atoms with E-state index in [1.54, 1.807) is 0 Å². The van der Waals surface area contributed by atoms with Crippen molar-refractivity contribution >= 4 is 39.1 Å². The van der Waals surface area contributed by atoms with E-state index in [0.717, 1.165) is 31.7 Å². The van der Waals surface area contributed by atoms with Gasteiger partial charge in [-0.25, -0.2) is 0 Å². The Balaban J connectivity index is 2.52. The van der Waals surface area contributed by atoms with E-state index in [1.165, 1.54) is 5.56 Å². The first-order valence-electron chi connectivity index (χ1n) is 6.07. The molecule has 0 radical (unpaired) electrons. The van der Waals surface area contributed by atoms with Gasteiger partial charge in [0.05, 0.1) is 5.38 Å². The summed E-state index contributed by atoms with van der Waals surface area (Å²) < 4.78 is 1.04. The van der Waals surface area contributed by atoms with Crippen molar-refractivity contribution in [3.05, 3.63) is 67.6 Å². The molecule has 19 heavy (non-hydrogen) atoms. The summed E-state index contributed by atoms with van der Waals surface area (Å²) in [5.41, 5.74) is 5.61. The molecule has 3 heteroatoms. The van der Waals surface area contributed by atoms with Crippen molar-refractivity contribution in [1.82, 2.24) is 0 Å². The highest BCUT2D eigenvalue weighted by Crippen LogP contribution is 2.36. The monoisotopic (exact) mass is 356 g/mol. The van der Waals surface area contributed by atoms with Gasteiger partial charge in [-0.3, -0.25) is 0 Å². The van der Waals surface area contributed by atoms with E-state index in [4.69, 9.17) is 23.2 Å². The van der Waals surface area contributed by atoms with Crippen LogP contribution in [-0.2, 0) is 0 Å². The second kappa shape index (κ2) is 5.87. The molecule has 0 spiro atoms. The van der Waals surface area contributed by atoms with Crippen LogP contribution >= 0.6 is 39.1 Å². The zero-order valence-electron chi connectivity index (χ0n) is 11.1. The van der Waals surface area contributed by atoms with E-state index >= 15 is 0 Å². The lowest BCUT2D eigenvalue weighted by Gasteiger charge is -2.17. The summed E-state index contributed by atoms with van der Waals surface area (Å²) in [4.78, 5) is 0. The van der Waals surface area contributed by atoms with Crippen molar-refractivity contribution in [3.8, 4) is 0 Å². The first kappa shape index (κ1) is 14.9. The number of alkyl halides is 1. The van der Waals surface area contributed by atoms with Crippen LogP contribution in [-0.4, -0.2) is 0 Å². The van der Waals surface area contributed by atoms with Crippen LogP contribution in [0.25, 0.3) is 0 Å². The molecule has 0 N–H and O–H groups in total. The molecule has 0 saturated carbocycles. The Morgan fingerprint density at radius 2 is 1.53 bits per heavy atom. The van der Waals surface area contributed by atoms with Gasteiger partial charge >= 0.3 is 0 Å². The molecule has 0 amide bonds. The highest BCUT2D eigenvalue weighted by molar-refractivity contribution is 9.10. The Kier molecular flexibility index (Phi) is 4.60. The maximum Gasteiger partial charge on any atom is 0.0841 e. The first-order valence-corrected chi connectivity index (χ1v) is 7.67. The normalized spacial score (nSPS) is 12.5. The van der Waals surface area contributed by atoms with Crippen LogP contribution in [0.15, 0.2) is 34.8 Å². The minimum absolute atomic E-state index is 0.159. The molecule has 0 saturated heterocycles. The Hall–Kier alpha value is -0.500. The largest absolute Gasteiger partial charge is 0.113 e. The standard InChI is InChI=1S/C16H15BrCl2/c1-9-4-5-12(17)8-14(9)16(19)13-6-11(3)15(18)7-10(13)2/h4-8,16H,1-3H3. The average molecular weight is 358 g/mol. The van der Waals surface area contributed by atoms with E-state index < -0.39 is 0 Å². The van der Waals surface area contributed by atoms with Gasteiger partial charge in [0.15, 0.2) is 0 Å². The van der Waals surface area contributed by atoms with Crippen molar-refractivity contribution < 1.29 is 0 Å². The maximum absolute atomic E-state index is 6.67. The molecule has 100 valence electrons. The Morgan fingerprint density at radius 3 is 2.21 bits per heavy atom. The van der Waals surface area contributed by atoms with Gasteiger partial charge in [0.25, 0.3) is 0 Å². The van der Waals surface area contributed by atoms with Crippen molar-refractivity contribution in [2.24, 2.45) is 0 Å². The third-order valence-corrected chi connectivity index (χ3v) is 4.71. The fourth-order valence-electron chi connectivity index (χ4n) is 2.13. The molecule has 0 aliphatic rings. The average Bonchev–Trinajstić information content (AvgIpc) is 2.36. The molecular formula is C16H15BrCl2. The fraction of sp³-hybridized carbons (Fsp3) is 0.250. The quantitative estimate of drug-likeness (QED) is 0.549. The third-order valence-electron chi connectivity index (χ3n) is 3.33. The van der Waals surface area contributed by atoms with Crippen molar-refractivity contribution in [2.75, 3.05) is 0 Å². The minimum Gasteiger partial charge on any atom is -0.113 e. The lowest BCUT2D eigenvalue weighted by Crippen LogP contribution is -2.00.